The second kappa shape index (κ2) is 9.01. The molecule has 2 heterocycles. The molecule has 0 saturated carbocycles. The molecule has 146 valence electrons. The number of rotatable bonds is 7. The topological polar surface area (TPSA) is 72.8 Å². The van der Waals surface area contributed by atoms with E-state index in [-0.39, 0.29) is 5.91 Å². The van der Waals surface area contributed by atoms with Crippen molar-refractivity contribution in [3.63, 3.8) is 0 Å². The maximum Gasteiger partial charge on any atom is 0.264 e. The Kier molecular flexibility index (Phi) is 5.81. The molecule has 0 radical (unpaired) electrons. The summed E-state index contributed by atoms with van der Waals surface area (Å²) in [4.78, 5) is 22.0. The highest BCUT2D eigenvalue weighted by Gasteiger charge is 2.28. The van der Waals surface area contributed by atoms with Gasteiger partial charge in [0.05, 0.1) is 11.4 Å². The highest BCUT2D eigenvalue weighted by Crippen LogP contribution is 2.18. The molecule has 1 atom stereocenters. The molecule has 0 saturated heterocycles. The average Bonchev–Trinajstić information content (AvgIpc) is 3.28. The molecule has 1 unspecified atom stereocenters. The molecule has 4 rings (SSSR count). The zero-order chi connectivity index (χ0) is 19.9. The zero-order valence-corrected chi connectivity index (χ0v) is 15.8. The second-order valence-corrected chi connectivity index (χ2v) is 6.68. The van der Waals surface area contributed by atoms with Crippen LogP contribution in [0.5, 0.6) is 5.75 Å². The first-order valence-electron chi connectivity index (χ1n) is 9.45. The number of benzene rings is 2. The van der Waals surface area contributed by atoms with Crippen LogP contribution in [0.25, 0.3) is 0 Å². The van der Waals surface area contributed by atoms with E-state index >= 15 is 0 Å². The van der Waals surface area contributed by atoms with Crippen molar-refractivity contribution in [2.75, 3.05) is 0 Å². The van der Waals surface area contributed by atoms with Crippen LogP contribution in [-0.4, -0.2) is 22.7 Å². The minimum atomic E-state index is -0.603. The summed E-state index contributed by atoms with van der Waals surface area (Å²) in [6.45, 7) is 0.784. The lowest BCUT2D eigenvalue weighted by Crippen LogP contribution is -2.34. The maximum atomic E-state index is 12.4. The van der Waals surface area contributed by atoms with Crippen molar-refractivity contribution in [2.24, 2.45) is 5.16 Å². The van der Waals surface area contributed by atoms with Crippen LogP contribution in [0.2, 0.25) is 0 Å². The van der Waals surface area contributed by atoms with Crippen molar-refractivity contribution in [1.29, 1.82) is 0 Å². The fraction of sp³-hybridized carbons (Fsp3) is 0.174. The van der Waals surface area contributed by atoms with Gasteiger partial charge >= 0.3 is 0 Å². The summed E-state index contributed by atoms with van der Waals surface area (Å²) in [6, 6.07) is 23.1. The minimum Gasteiger partial charge on any atom is -0.487 e. The summed E-state index contributed by atoms with van der Waals surface area (Å²) < 4.78 is 5.78. The predicted octanol–water partition coefficient (Wildman–Crippen LogP) is 3.47. The monoisotopic (exact) mass is 387 g/mol. The number of oxime groups is 1. The molecule has 0 bridgehead atoms. The number of hydrogen-bond acceptors (Lipinski definition) is 5. The van der Waals surface area contributed by atoms with Crippen molar-refractivity contribution in [3.8, 4) is 5.75 Å². The standard InChI is InChI=1S/C23H21N3O3/c27-23(22-14-21(26-29-22)18-8-2-1-3-9-18)25-15-17-7-6-11-20(13-17)28-16-19-10-4-5-12-24-19/h1-13,22H,14-16H2,(H,25,27). The normalized spacial score (nSPS) is 15.3. The number of aromatic nitrogens is 1. The molecular weight excluding hydrogens is 366 g/mol. The van der Waals surface area contributed by atoms with Crippen molar-refractivity contribution >= 4 is 11.6 Å². The molecular formula is C23H21N3O3. The Morgan fingerprint density at radius 1 is 1.07 bits per heavy atom. The first-order chi connectivity index (χ1) is 14.3. The molecule has 3 aromatic rings. The number of carbonyl (C=O) groups is 1. The van der Waals surface area contributed by atoms with Crippen LogP contribution >= 0.6 is 0 Å². The smallest absolute Gasteiger partial charge is 0.264 e. The molecule has 0 fully saturated rings. The van der Waals surface area contributed by atoms with Crippen molar-refractivity contribution in [1.82, 2.24) is 10.3 Å². The van der Waals surface area contributed by atoms with Crippen molar-refractivity contribution in [2.45, 2.75) is 25.7 Å². The van der Waals surface area contributed by atoms with Gasteiger partial charge in [0.25, 0.3) is 5.91 Å². The minimum absolute atomic E-state index is 0.181. The van der Waals surface area contributed by atoms with E-state index in [4.69, 9.17) is 9.57 Å². The van der Waals surface area contributed by atoms with E-state index in [2.05, 4.69) is 15.5 Å². The van der Waals surface area contributed by atoms with Gasteiger partial charge in [0.15, 0.2) is 0 Å². The lowest BCUT2D eigenvalue weighted by Gasteiger charge is -2.11. The molecule has 0 spiro atoms. The van der Waals surface area contributed by atoms with E-state index < -0.39 is 6.10 Å². The van der Waals surface area contributed by atoms with Crippen molar-refractivity contribution in [3.05, 3.63) is 95.8 Å². The molecule has 2 aromatic carbocycles. The number of carbonyl (C=O) groups excluding carboxylic acids is 1. The molecule has 0 aliphatic carbocycles. The first kappa shape index (κ1) is 18.7. The maximum absolute atomic E-state index is 12.4. The molecule has 6 nitrogen and oxygen atoms in total. The van der Waals surface area contributed by atoms with Gasteiger partial charge in [0.1, 0.15) is 12.4 Å². The third-order valence-corrected chi connectivity index (χ3v) is 4.55. The SMILES string of the molecule is O=C(NCc1cccc(OCc2ccccn2)c1)C1CC(c2ccccc2)=NO1. The van der Waals surface area contributed by atoms with E-state index in [1.807, 2.05) is 72.8 Å². The highest BCUT2D eigenvalue weighted by molar-refractivity contribution is 6.04. The van der Waals surface area contributed by atoms with E-state index in [0.717, 1.165) is 28.3 Å². The van der Waals surface area contributed by atoms with E-state index in [9.17, 15) is 4.79 Å². The van der Waals surface area contributed by atoms with Crippen LogP contribution in [0.3, 0.4) is 0 Å². The van der Waals surface area contributed by atoms with E-state index in [1.54, 1.807) is 6.20 Å². The fourth-order valence-electron chi connectivity index (χ4n) is 3.01. The second-order valence-electron chi connectivity index (χ2n) is 6.68. The first-order valence-corrected chi connectivity index (χ1v) is 9.45. The van der Waals surface area contributed by atoms with Gasteiger partial charge in [0, 0.05) is 19.2 Å². The molecule has 29 heavy (non-hydrogen) atoms. The quantitative estimate of drug-likeness (QED) is 0.674. The van der Waals surface area contributed by atoms with Gasteiger partial charge in [-0.1, -0.05) is 53.7 Å². The fourth-order valence-corrected chi connectivity index (χ4v) is 3.01. The van der Waals surface area contributed by atoms with E-state index in [0.29, 0.717) is 19.6 Å². The Bertz CT molecular complexity index is 991. The highest BCUT2D eigenvalue weighted by atomic mass is 16.6. The molecule has 1 amide bonds. The Morgan fingerprint density at radius 3 is 2.76 bits per heavy atom. The number of amides is 1. The van der Waals surface area contributed by atoms with Crippen molar-refractivity contribution < 1.29 is 14.4 Å². The van der Waals surface area contributed by atoms with E-state index in [1.165, 1.54) is 0 Å². The number of hydrogen-bond donors (Lipinski definition) is 1. The van der Waals surface area contributed by atoms with Crippen LogP contribution in [0.4, 0.5) is 0 Å². The average molecular weight is 387 g/mol. The lowest BCUT2D eigenvalue weighted by molar-refractivity contribution is -0.131. The molecule has 1 aliphatic heterocycles. The number of pyridine rings is 1. The number of nitrogens with one attached hydrogen (secondary N) is 1. The van der Waals surface area contributed by atoms with Crippen LogP contribution in [0.15, 0.2) is 84.1 Å². The molecule has 1 N–H and O–H groups in total. The van der Waals surface area contributed by atoms with Gasteiger partial charge in [-0.25, -0.2) is 0 Å². The number of ether oxygens (including phenoxy) is 1. The van der Waals surface area contributed by atoms with Gasteiger partial charge in [-0.3, -0.25) is 9.78 Å². The van der Waals surface area contributed by atoms with Gasteiger partial charge in [-0.15, -0.1) is 0 Å². The molecule has 6 heteroatoms. The van der Waals surface area contributed by atoms with Crippen LogP contribution in [-0.2, 0) is 22.8 Å². The molecule has 1 aromatic heterocycles. The third-order valence-electron chi connectivity index (χ3n) is 4.55. The zero-order valence-electron chi connectivity index (χ0n) is 15.8. The number of nitrogens with zero attached hydrogens (tertiary/aromatic N) is 2. The summed E-state index contributed by atoms with van der Waals surface area (Å²) in [6.07, 6.45) is 1.60. The summed E-state index contributed by atoms with van der Waals surface area (Å²) in [5.74, 6) is 0.550. The summed E-state index contributed by atoms with van der Waals surface area (Å²) >= 11 is 0. The van der Waals surface area contributed by atoms with Gasteiger partial charge in [-0.2, -0.15) is 0 Å². The summed E-state index contributed by atoms with van der Waals surface area (Å²) in [5, 5.41) is 6.97. The predicted molar refractivity (Wildman–Crippen MR) is 109 cm³/mol. The Hall–Kier alpha value is -3.67. The lowest BCUT2D eigenvalue weighted by atomic mass is 10.0. The summed E-state index contributed by atoms with van der Waals surface area (Å²) in [5.41, 5.74) is 3.56. The largest absolute Gasteiger partial charge is 0.487 e. The van der Waals surface area contributed by atoms with Crippen LogP contribution < -0.4 is 10.1 Å². The van der Waals surface area contributed by atoms with Gasteiger partial charge in [0.2, 0.25) is 6.10 Å². The Morgan fingerprint density at radius 2 is 1.93 bits per heavy atom. The van der Waals surface area contributed by atoms with Crippen LogP contribution in [0.1, 0.15) is 23.2 Å². The van der Waals surface area contributed by atoms with Crippen LogP contribution in [0, 0.1) is 0 Å². The third kappa shape index (κ3) is 4.99. The Labute approximate surface area is 169 Å². The van der Waals surface area contributed by atoms with Gasteiger partial charge in [-0.05, 0) is 35.4 Å². The Balaban J connectivity index is 1.27. The molecule has 1 aliphatic rings. The summed E-state index contributed by atoms with van der Waals surface area (Å²) in [7, 11) is 0. The van der Waals surface area contributed by atoms with Gasteiger partial charge < -0.3 is 14.9 Å².